The van der Waals surface area contributed by atoms with Crippen LogP contribution < -0.4 is 10.6 Å². The molecular formula is C16H12Cl2N6O2. The first-order chi connectivity index (χ1) is 12.5. The monoisotopic (exact) mass is 390 g/mol. The molecule has 1 aromatic carbocycles. The summed E-state index contributed by atoms with van der Waals surface area (Å²) in [6.45, 7) is -0.220. The summed E-state index contributed by atoms with van der Waals surface area (Å²) < 4.78 is 1.49. The lowest BCUT2D eigenvalue weighted by Gasteiger charge is -2.08. The van der Waals surface area contributed by atoms with Crippen LogP contribution in [0.25, 0.3) is 5.82 Å². The van der Waals surface area contributed by atoms with E-state index in [1.807, 2.05) is 0 Å². The van der Waals surface area contributed by atoms with Crippen LogP contribution in [0.15, 0.2) is 49.2 Å². The molecule has 132 valence electrons. The van der Waals surface area contributed by atoms with Crippen molar-refractivity contribution < 1.29 is 9.59 Å². The number of halogens is 2. The third kappa shape index (κ3) is 4.35. The van der Waals surface area contributed by atoms with Crippen molar-refractivity contribution in [3.05, 3.63) is 64.8 Å². The summed E-state index contributed by atoms with van der Waals surface area (Å²) in [6.07, 6.45) is 4.39. The van der Waals surface area contributed by atoms with Gasteiger partial charge in [-0.15, -0.1) is 0 Å². The van der Waals surface area contributed by atoms with Gasteiger partial charge in [0.1, 0.15) is 12.7 Å². The quantitative estimate of drug-likeness (QED) is 0.695. The average molecular weight is 391 g/mol. The number of anilines is 1. The summed E-state index contributed by atoms with van der Waals surface area (Å²) in [7, 11) is 0. The molecule has 3 aromatic rings. The van der Waals surface area contributed by atoms with Gasteiger partial charge in [-0.05, 0) is 30.3 Å². The molecule has 0 radical (unpaired) electrons. The Kier molecular flexibility index (Phi) is 5.45. The average Bonchev–Trinajstić information content (AvgIpc) is 3.15. The first kappa shape index (κ1) is 17.8. The summed E-state index contributed by atoms with van der Waals surface area (Å²) in [5.41, 5.74) is 0.723. The predicted octanol–water partition coefficient (Wildman–Crippen LogP) is 2.34. The van der Waals surface area contributed by atoms with E-state index in [-0.39, 0.29) is 17.1 Å². The molecule has 0 bridgehead atoms. The van der Waals surface area contributed by atoms with Crippen LogP contribution in [0.3, 0.4) is 0 Å². The lowest BCUT2D eigenvalue weighted by molar-refractivity contribution is -0.115. The molecule has 0 spiro atoms. The van der Waals surface area contributed by atoms with E-state index in [2.05, 4.69) is 25.7 Å². The van der Waals surface area contributed by atoms with Crippen LogP contribution in [-0.4, -0.2) is 38.1 Å². The maximum absolute atomic E-state index is 12.1. The zero-order chi connectivity index (χ0) is 18.5. The standard InChI is InChI=1S/C16H12Cl2N6O2/c17-10-1-3-12(13(18)5-10)16(26)21-7-15(25)23-11-2-4-14(20-6-11)24-9-19-8-22-24/h1-6,8-9H,7H2,(H,21,26)(H,23,25). The Labute approximate surface area is 158 Å². The number of nitrogens with one attached hydrogen (secondary N) is 2. The van der Waals surface area contributed by atoms with Crippen molar-refractivity contribution in [2.24, 2.45) is 0 Å². The maximum Gasteiger partial charge on any atom is 0.253 e. The molecule has 0 unspecified atom stereocenters. The maximum atomic E-state index is 12.1. The zero-order valence-corrected chi connectivity index (χ0v) is 14.7. The Morgan fingerprint density at radius 3 is 2.65 bits per heavy atom. The van der Waals surface area contributed by atoms with E-state index < -0.39 is 11.8 Å². The molecule has 0 aliphatic carbocycles. The zero-order valence-electron chi connectivity index (χ0n) is 13.2. The van der Waals surface area contributed by atoms with Gasteiger partial charge in [0.2, 0.25) is 5.91 Å². The number of hydrogen-bond donors (Lipinski definition) is 2. The number of carbonyl (C=O) groups is 2. The van der Waals surface area contributed by atoms with Crippen molar-refractivity contribution in [2.45, 2.75) is 0 Å². The third-order valence-corrected chi connectivity index (χ3v) is 3.82. The molecule has 8 nitrogen and oxygen atoms in total. The van der Waals surface area contributed by atoms with Crippen LogP contribution in [0.1, 0.15) is 10.4 Å². The second-order valence-electron chi connectivity index (χ2n) is 5.10. The van der Waals surface area contributed by atoms with Crippen LogP contribution in [-0.2, 0) is 4.79 Å². The summed E-state index contributed by atoms with van der Waals surface area (Å²) in [4.78, 5) is 32.0. The number of aromatic nitrogens is 4. The molecule has 26 heavy (non-hydrogen) atoms. The number of hydrogen-bond acceptors (Lipinski definition) is 5. The first-order valence-corrected chi connectivity index (χ1v) is 8.12. The highest BCUT2D eigenvalue weighted by atomic mass is 35.5. The SMILES string of the molecule is O=C(CNC(=O)c1ccc(Cl)cc1Cl)Nc1ccc(-n2cncn2)nc1. The van der Waals surface area contributed by atoms with Gasteiger partial charge in [0.25, 0.3) is 5.91 Å². The Morgan fingerprint density at radius 2 is 2.00 bits per heavy atom. The van der Waals surface area contributed by atoms with Crippen LogP contribution in [0.4, 0.5) is 5.69 Å². The second kappa shape index (κ2) is 7.94. The fraction of sp³-hybridized carbons (Fsp3) is 0.0625. The number of amides is 2. The molecule has 0 fully saturated rings. The van der Waals surface area contributed by atoms with Crippen LogP contribution in [0.2, 0.25) is 10.0 Å². The van der Waals surface area contributed by atoms with Gasteiger partial charge in [0, 0.05) is 5.02 Å². The predicted molar refractivity (Wildman–Crippen MR) is 96.6 cm³/mol. The molecule has 2 amide bonds. The molecule has 0 saturated heterocycles. The van der Waals surface area contributed by atoms with Crippen molar-refractivity contribution >= 4 is 40.7 Å². The molecular weight excluding hydrogens is 379 g/mol. The molecule has 0 atom stereocenters. The van der Waals surface area contributed by atoms with Crippen molar-refractivity contribution in [3.63, 3.8) is 0 Å². The van der Waals surface area contributed by atoms with Gasteiger partial charge in [-0.2, -0.15) is 5.10 Å². The second-order valence-corrected chi connectivity index (χ2v) is 5.94. The van der Waals surface area contributed by atoms with Crippen molar-refractivity contribution in [1.29, 1.82) is 0 Å². The summed E-state index contributed by atoms with van der Waals surface area (Å²) in [5.74, 6) is -0.314. The molecule has 2 aromatic heterocycles. The van der Waals surface area contributed by atoms with E-state index in [4.69, 9.17) is 23.2 Å². The van der Waals surface area contributed by atoms with Crippen LogP contribution in [0, 0.1) is 0 Å². The highest BCUT2D eigenvalue weighted by Gasteiger charge is 2.12. The van der Waals surface area contributed by atoms with Crippen molar-refractivity contribution in [2.75, 3.05) is 11.9 Å². The molecule has 10 heteroatoms. The molecule has 2 N–H and O–H groups in total. The topological polar surface area (TPSA) is 102 Å². The fourth-order valence-corrected chi connectivity index (χ4v) is 2.55. The van der Waals surface area contributed by atoms with Crippen molar-refractivity contribution in [3.8, 4) is 5.82 Å². The van der Waals surface area contributed by atoms with E-state index in [9.17, 15) is 9.59 Å². The fourth-order valence-electron chi connectivity index (χ4n) is 2.06. The minimum absolute atomic E-state index is 0.211. The minimum atomic E-state index is -0.471. The Bertz CT molecular complexity index is 928. The van der Waals surface area contributed by atoms with Crippen molar-refractivity contribution in [1.82, 2.24) is 25.1 Å². The molecule has 0 saturated carbocycles. The van der Waals surface area contributed by atoms with E-state index in [1.54, 1.807) is 18.2 Å². The van der Waals surface area contributed by atoms with Gasteiger partial charge in [-0.1, -0.05) is 23.2 Å². The van der Waals surface area contributed by atoms with Gasteiger partial charge in [0.15, 0.2) is 5.82 Å². The van der Waals surface area contributed by atoms with Gasteiger partial charge in [0.05, 0.1) is 29.0 Å². The van der Waals surface area contributed by atoms with E-state index in [0.717, 1.165) is 0 Å². The lowest BCUT2D eigenvalue weighted by atomic mass is 10.2. The number of carbonyl (C=O) groups excluding carboxylic acids is 2. The van der Waals surface area contributed by atoms with Crippen LogP contribution in [0.5, 0.6) is 0 Å². The number of nitrogens with zero attached hydrogens (tertiary/aromatic N) is 4. The number of pyridine rings is 1. The van der Waals surface area contributed by atoms with Gasteiger partial charge in [-0.3, -0.25) is 9.59 Å². The van der Waals surface area contributed by atoms with Crippen LogP contribution >= 0.6 is 23.2 Å². The molecule has 3 rings (SSSR count). The molecule has 2 heterocycles. The Morgan fingerprint density at radius 1 is 1.15 bits per heavy atom. The minimum Gasteiger partial charge on any atom is -0.343 e. The normalized spacial score (nSPS) is 10.4. The highest BCUT2D eigenvalue weighted by molar-refractivity contribution is 6.36. The van der Waals surface area contributed by atoms with E-state index in [1.165, 1.54) is 35.7 Å². The van der Waals surface area contributed by atoms with Gasteiger partial charge >= 0.3 is 0 Å². The lowest BCUT2D eigenvalue weighted by Crippen LogP contribution is -2.33. The highest BCUT2D eigenvalue weighted by Crippen LogP contribution is 2.20. The smallest absolute Gasteiger partial charge is 0.253 e. The van der Waals surface area contributed by atoms with Gasteiger partial charge < -0.3 is 10.6 Å². The molecule has 0 aliphatic heterocycles. The summed E-state index contributed by atoms with van der Waals surface area (Å²) in [5, 5.41) is 9.71. The Hall–Kier alpha value is -2.97. The molecule has 0 aliphatic rings. The third-order valence-electron chi connectivity index (χ3n) is 3.27. The van der Waals surface area contributed by atoms with E-state index >= 15 is 0 Å². The summed E-state index contributed by atoms with van der Waals surface area (Å²) >= 11 is 11.7. The summed E-state index contributed by atoms with van der Waals surface area (Å²) in [6, 6.07) is 7.84. The van der Waals surface area contributed by atoms with Gasteiger partial charge in [-0.25, -0.2) is 14.6 Å². The Balaban J connectivity index is 1.54. The first-order valence-electron chi connectivity index (χ1n) is 7.37. The number of rotatable bonds is 5. The van der Waals surface area contributed by atoms with E-state index in [0.29, 0.717) is 16.5 Å². The number of benzene rings is 1. The largest absolute Gasteiger partial charge is 0.343 e.